The molecule has 3 heterocycles. The number of aromatic nitrogens is 5. The summed E-state index contributed by atoms with van der Waals surface area (Å²) in [6.45, 7) is 5.88. The topological polar surface area (TPSA) is 85.6 Å². The van der Waals surface area contributed by atoms with E-state index >= 15 is 0 Å². The molecule has 1 N–H and O–H groups in total. The number of nitrogens with zero attached hydrogens (tertiary/aromatic N) is 5. The first-order valence-electron chi connectivity index (χ1n) is 9.22. The van der Waals surface area contributed by atoms with E-state index in [0.29, 0.717) is 16.4 Å². The number of anilines is 1. The van der Waals surface area contributed by atoms with Crippen LogP contribution in [-0.2, 0) is 7.05 Å². The van der Waals surface area contributed by atoms with E-state index in [9.17, 15) is 9.18 Å². The van der Waals surface area contributed by atoms with Crippen molar-refractivity contribution in [3.63, 3.8) is 0 Å². The number of benzene rings is 1. The van der Waals surface area contributed by atoms with E-state index in [1.54, 1.807) is 19.2 Å². The predicted octanol–water partition coefficient (Wildman–Crippen LogP) is 4.32. The molecule has 30 heavy (non-hydrogen) atoms. The fourth-order valence-corrected chi connectivity index (χ4v) is 3.99. The summed E-state index contributed by atoms with van der Waals surface area (Å²) in [4.78, 5) is 24.3. The van der Waals surface area contributed by atoms with E-state index in [1.807, 2.05) is 32.9 Å². The van der Waals surface area contributed by atoms with Gasteiger partial charge in [-0.25, -0.2) is 9.37 Å². The van der Waals surface area contributed by atoms with Crippen molar-refractivity contribution in [2.24, 2.45) is 7.05 Å². The normalized spacial score (nSPS) is 11.0. The molecule has 0 bridgehead atoms. The lowest BCUT2D eigenvalue weighted by Crippen LogP contribution is -2.14. The van der Waals surface area contributed by atoms with E-state index in [0.717, 1.165) is 27.5 Å². The van der Waals surface area contributed by atoms with Gasteiger partial charge in [0.15, 0.2) is 10.8 Å². The smallest absolute Gasteiger partial charge is 0.280 e. The number of aryl methyl sites for hydroxylation is 4. The summed E-state index contributed by atoms with van der Waals surface area (Å²) in [7, 11) is 1.63. The first-order chi connectivity index (χ1) is 14.3. The highest BCUT2D eigenvalue weighted by molar-refractivity contribution is 7.16. The minimum Gasteiger partial charge on any atom is -0.296 e. The number of nitrogens with one attached hydrogen (secondary N) is 1. The Morgan fingerprint density at radius 1 is 1.03 bits per heavy atom. The second-order valence-corrected chi connectivity index (χ2v) is 8.15. The molecule has 0 radical (unpaired) electrons. The monoisotopic (exact) mass is 422 g/mol. The first-order valence-corrected chi connectivity index (χ1v) is 10.0. The summed E-state index contributed by atoms with van der Waals surface area (Å²) in [6.07, 6.45) is 0. The number of hydrogen-bond donors (Lipinski definition) is 1. The third-order valence-corrected chi connectivity index (χ3v) is 5.29. The largest absolute Gasteiger partial charge is 0.296 e. The van der Waals surface area contributed by atoms with Crippen LogP contribution < -0.4 is 5.32 Å². The second kappa shape index (κ2) is 7.75. The van der Waals surface area contributed by atoms with Gasteiger partial charge in [-0.3, -0.25) is 15.1 Å². The Morgan fingerprint density at radius 3 is 2.47 bits per heavy atom. The zero-order valence-electron chi connectivity index (χ0n) is 16.9. The maximum atomic E-state index is 13.3. The molecule has 152 valence electrons. The lowest BCUT2D eigenvalue weighted by molar-refractivity contribution is 0.102. The van der Waals surface area contributed by atoms with Crippen LogP contribution in [0.5, 0.6) is 0 Å². The van der Waals surface area contributed by atoms with Crippen molar-refractivity contribution in [1.82, 2.24) is 25.0 Å². The molecular weight excluding hydrogens is 403 g/mol. The third kappa shape index (κ3) is 3.97. The summed E-state index contributed by atoms with van der Waals surface area (Å²) in [5, 5.41) is 11.7. The first kappa shape index (κ1) is 19.8. The van der Waals surface area contributed by atoms with Crippen LogP contribution in [0.1, 0.15) is 26.6 Å². The van der Waals surface area contributed by atoms with E-state index in [4.69, 9.17) is 0 Å². The van der Waals surface area contributed by atoms with Gasteiger partial charge in [-0.1, -0.05) is 0 Å². The number of pyridine rings is 1. The lowest BCUT2D eigenvalue weighted by atomic mass is 10.1. The average molecular weight is 422 g/mol. The van der Waals surface area contributed by atoms with Gasteiger partial charge in [0.05, 0.1) is 5.69 Å². The minimum absolute atomic E-state index is 0.142. The van der Waals surface area contributed by atoms with Crippen molar-refractivity contribution >= 4 is 22.4 Å². The van der Waals surface area contributed by atoms with Gasteiger partial charge in [0.1, 0.15) is 17.2 Å². The highest BCUT2D eigenvalue weighted by atomic mass is 32.1. The standard InChI is InChI=1S/C21H19FN6OS/c1-11-9-12(2)23-16(10-11)17-13(3)30-21(24-17)25-20(29)19-18(26-28(4)27-19)14-5-7-15(22)8-6-14/h5-10H,1-4H3,(H,24,25,29). The van der Waals surface area contributed by atoms with Crippen LogP contribution in [0.3, 0.4) is 0 Å². The average Bonchev–Trinajstić information content (AvgIpc) is 3.24. The summed E-state index contributed by atoms with van der Waals surface area (Å²) in [5.41, 5.74) is 4.63. The molecule has 3 aromatic heterocycles. The van der Waals surface area contributed by atoms with Gasteiger partial charge in [0.2, 0.25) is 0 Å². The van der Waals surface area contributed by atoms with Gasteiger partial charge < -0.3 is 0 Å². The molecular formula is C21H19FN6OS. The molecule has 0 saturated heterocycles. The van der Waals surface area contributed by atoms with E-state index in [2.05, 4.69) is 25.5 Å². The predicted molar refractivity (Wildman–Crippen MR) is 114 cm³/mol. The molecule has 4 aromatic rings. The third-order valence-electron chi connectivity index (χ3n) is 4.40. The maximum absolute atomic E-state index is 13.3. The van der Waals surface area contributed by atoms with Crippen molar-refractivity contribution in [1.29, 1.82) is 0 Å². The number of halogens is 1. The molecule has 0 aliphatic carbocycles. The number of amides is 1. The highest BCUT2D eigenvalue weighted by Gasteiger charge is 2.21. The van der Waals surface area contributed by atoms with Gasteiger partial charge >= 0.3 is 0 Å². The summed E-state index contributed by atoms with van der Waals surface area (Å²) in [5.74, 6) is -0.796. The Balaban J connectivity index is 1.63. The zero-order chi connectivity index (χ0) is 21.4. The molecule has 1 aromatic carbocycles. The molecule has 0 aliphatic rings. The van der Waals surface area contributed by atoms with Gasteiger partial charge in [-0.05, 0) is 62.7 Å². The van der Waals surface area contributed by atoms with Gasteiger partial charge in [-0.15, -0.1) is 16.4 Å². The van der Waals surface area contributed by atoms with Crippen LogP contribution in [0, 0.1) is 26.6 Å². The number of hydrogen-bond acceptors (Lipinski definition) is 6. The Kier molecular flexibility index (Phi) is 5.13. The SMILES string of the molecule is Cc1cc(C)nc(-c2nc(NC(=O)c3nn(C)nc3-c3ccc(F)cc3)sc2C)c1. The molecule has 7 nitrogen and oxygen atoms in total. The van der Waals surface area contributed by atoms with Crippen molar-refractivity contribution in [2.45, 2.75) is 20.8 Å². The van der Waals surface area contributed by atoms with E-state index < -0.39 is 5.91 Å². The van der Waals surface area contributed by atoms with Gasteiger partial charge in [0, 0.05) is 23.2 Å². The molecule has 0 saturated carbocycles. The molecule has 0 spiro atoms. The van der Waals surface area contributed by atoms with Crippen LogP contribution in [0.15, 0.2) is 36.4 Å². The van der Waals surface area contributed by atoms with Crippen molar-refractivity contribution in [3.8, 4) is 22.6 Å². The molecule has 9 heteroatoms. The highest BCUT2D eigenvalue weighted by Crippen LogP contribution is 2.30. The van der Waals surface area contributed by atoms with E-state index in [-0.39, 0.29) is 11.5 Å². The molecule has 0 aliphatic heterocycles. The number of rotatable bonds is 4. The zero-order valence-corrected chi connectivity index (χ0v) is 17.7. The number of carbonyl (C=O) groups excluding carboxylic acids is 1. The maximum Gasteiger partial charge on any atom is 0.280 e. The van der Waals surface area contributed by atoms with Crippen molar-refractivity contribution < 1.29 is 9.18 Å². The summed E-state index contributed by atoms with van der Waals surface area (Å²) >= 11 is 1.37. The summed E-state index contributed by atoms with van der Waals surface area (Å²) in [6, 6.07) is 9.73. The minimum atomic E-state index is -0.434. The Bertz CT molecular complexity index is 1220. The molecule has 0 fully saturated rings. The van der Waals surface area contributed by atoms with Crippen LogP contribution in [0.4, 0.5) is 9.52 Å². The summed E-state index contributed by atoms with van der Waals surface area (Å²) < 4.78 is 13.3. The van der Waals surface area contributed by atoms with Crippen molar-refractivity contribution in [2.75, 3.05) is 5.32 Å². The number of carbonyl (C=O) groups is 1. The van der Waals surface area contributed by atoms with Crippen LogP contribution >= 0.6 is 11.3 Å². The second-order valence-electron chi connectivity index (χ2n) is 6.94. The molecule has 4 rings (SSSR count). The van der Waals surface area contributed by atoms with Gasteiger partial charge in [-0.2, -0.15) is 9.90 Å². The Hall–Kier alpha value is -3.46. The van der Waals surface area contributed by atoms with Crippen LogP contribution in [-0.4, -0.2) is 30.9 Å². The van der Waals surface area contributed by atoms with Crippen LogP contribution in [0.25, 0.3) is 22.6 Å². The van der Waals surface area contributed by atoms with E-state index in [1.165, 1.54) is 28.3 Å². The molecule has 0 unspecified atom stereocenters. The fourth-order valence-electron chi connectivity index (χ4n) is 3.17. The molecule has 0 atom stereocenters. The molecule has 1 amide bonds. The van der Waals surface area contributed by atoms with Crippen molar-refractivity contribution in [3.05, 3.63) is 64.0 Å². The lowest BCUT2D eigenvalue weighted by Gasteiger charge is -2.03. The Morgan fingerprint density at radius 2 is 1.77 bits per heavy atom. The van der Waals surface area contributed by atoms with Gasteiger partial charge in [0.25, 0.3) is 5.91 Å². The quantitative estimate of drug-likeness (QED) is 0.529. The van der Waals surface area contributed by atoms with Crippen LogP contribution in [0.2, 0.25) is 0 Å². The Labute approximate surface area is 176 Å². The number of thiazole rings is 1. The fraction of sp³-hybridized carbons (Fsp3) is 0.190.